The molecule has 462 valence electrons. The molecule has 5 nitrogen and oxygen atoms in total. The third-order valence-electron chi connectivity index (χ3n) is 20.1. The summed E-state index contributed by atoms with van der Waals surface area (Å²) in [6.07, 6.45) is 0. The lowest BCUT2D eigenvalue weighted by molar-refractivity contribution is 0.627. The first-order valence-corrected chi connectivity index (χ1v) is 33.5. The van der Waals surface area contributed by atoms with Crippen LogP contribution in [0.25, 0.3) is 176 Å². The van der Waals surface area contributed by atoms with Gasteiger partial charge in [0.15, 0.2) is 0 Å². The summed E-state index contributed by atoms with van der Waals surface area (Å²) in [4.78, 5) is 0. The number of hydrogen-bond acceptors (Lipinski definition) is 1. The third kappa shape index (κ3) is 9.66. The number of benzene rings is 16. The second kappa shape index (κ2) is 23.2. The highest BCUT2D eigenvalue weighted by Crippen LogP contribution is 2.42. The predicted octanol–water partition coefficient (Wildman–Crippen LogP) is 24.7. The van der Waals surface area contributed by atoms with E-state index in [1.165, 1.54) is 127 Å². The Labute approximate surface area is 569 Å². The van der Waals surface area contributed by atoms with Crippen LogP contribution in [0.15, 0.2) is 352 Å². The Morgan fingerprint density at radius 2 is 0.455 bits per heavy atom. The number of rotatable bonds is 8. The molecule has 6 heteroatoms. The Hall–Kier alpha value is -13.3. The van der Waals surface area contributed by atoms with E-state index in [0.29, 0.717) is 5.56 Å². The van der Waals surface area contributed by atoms with Crippen molar-refractivity contribution < 1.29 is 4.39 Å². The van der Waals surface area contributed by atoms with Gasteiger partial charge in [0, 0.05) is 65.8 Å². The Bertz CT molecular complexity index is 6660. The quantitative estimate of drug-likeness (QED) is 0.150. The molecule has 0 aliphatic carbocycles. The molecule has 0 bridgehead atoms. The molecule has 0 saturated carbocycles. The van der Waals surface area contributed by atoms with E-state index in [2.05, 4.69) is 328 Å². The van der Waals surface area contributed by atoms with Crippen LogP contribution < -0.4 is 0 Å². The zero-order valence-corrected chi connectivity index (χ0v) is 53.6. The molecule has 0 radical (unpaired) electrons. The van der Waals surface area contributed by atoms with Gasteiger partial charge in [0.25, 0.3) is 0 Å². The van der Waals surface area contributed by atoms with E-state index in [1.54, 1.807) is 0 Å². The van der Waals surface area contributed by atoms with Gasteiger partial charge in [0.1, 0.15) is 5.82 Å². The zero-order chi connectivity index (χ0) is 65.7. The Morgan fingerprint density at radius 3 is 0.778 bits per heavy atom. The molecule has 99 heavy (non-hydrogen) atoms. The van der Waals surface area contributed by atoms with Crippen LogP contribution in [-0.2, 0) is 0 Å². The Kier molecular flexibility index (Phi) is 13.4. The van der Waals surface area contributed by atoms with Crippen LogP contribution in [0.1, 0.15) is 5.56 Å². The summed E-state index contributed by atoms with van der Waals surface area (Å²) in [6.45, 7) is 0. The van der Waals surface area contributed by atoms with Gasteiger partial charge in [-0.15, -0.1) is 0 Å². The average Bonchev–Trinajstić information content (AvgIpc) is 1.62. The third-order valence-corrected chi connectivity index (χ3v) is 20.1. The molecule has 0 atom stereocenters. The molecule has 0 aliphatic rings. The van der Waals surface area contributed by atoms with Crippen LogP contribution in [-0.4, -0.2) is 18.3 Å². The first kappa shape index (κ1) is 57.1. The maximum Gasteiger partial charge on any atom is 0.123 e. The normalized spacial score (nSPS) is 11.7. The van der Waals surface area contributed by atoms with Crippen LogP contribution >= 0.6 is 0 Å². The van der Waals surface area contributed by atoms with Gasteiger partial charge < -0.3 is 18.3 Å². The number of hydrogen-bond donors (Lipinski definition) is 0. The molecule has 16 aromatic carbocycles. The van der Waals surface area contributed by atoms with Gasteiger partial charge >= 0.3 is 0 Å². The fourth-order valence-electron chi connectivity index (χ4n) is 15.3. The minimum absolute atomic E-state index is 0.236. The van der Waals surface area contributed by atoms with E-state index in [0.717, 1.165) is 61.5 Å². The van der Waals surface area contributed by atoms with Crippen molar-refractivity contribution in [3.05, 3.63) is 363 Å². The number of nitriles is 1. The van der Waals surface area contributed by atoms with Crippen molar-refractivity contribution >= 4 is 109 Å². The molecule has 0 spiro atoms. The van der Waals surface area contributed by atoms with Gasteiger partial charge in [-0.2, -0.15) is 5.26 Å². The molecule has 0 aliphatic heterocycles. The maximum absolute atomic E-state index is 13.9. The second-order valence-electron chi connectivity index (χ2n) is 25.7. The van der Waals surface area contributed by atoms with Crippen molar-refractivity contribution in [1.82, 2.24) is 18.3 Å². The van der Waals surface area contributed by atoms with E-state index >= 15 is 0 Å². The molecule has 0 N–H and O–H groups in total. The van der Waals surface area contributed by atoms with Gasteiger partial charge in [0.05, 0.1) is 55.8 Å². The van der Waals surface area contributed by atoms with E-state index in [9.17, 15) is 9.65 Å². The summed E-state index contributed by atoms with van der Waals surface area (Å²) < 4.78 is 23.2. The van der Waals surface area contributed by atoms with Crippen LogP contribution in [0.5, 0.6) is 0 Å². The summed E-state index contributed by atoms with van der Waals surface area (Å²) in [6, 6.07) is 127. The summed E-state index contributed by atoms with van der Waals surface area (Å²) in [5, 5.41) is 24.1. The molecule has 4 aromatic heterocycles. The van der Waals surface area contributed by atoms with E-state index in [1.807, 2.05) is 36.4 Å². The molecular formula is C93H58FN5. The monoisotopic (exact) mass is 1260 g/mol. The summed E-state index contributed by atoms with van der Waals surface area (Å²) in [5.74, 6) is -0.236. The van der Waals surface area contributed by atoms with Gasteiger partial charge in [0.2, 0.25) is 0 Å². The topological polar surface area (TPSA) is 43.5 Å². The number of nitrogens with zero attached hydrogens (tertiary/aromatic N) is 5. The Balaban J connectivity index is 0.000000138. The smallest absolute Gasteiger partial charge is 0.123 e. The maximum atomic E-state index is 13.9. The molecule has 0 amide bonds. The van der Waals surface area contributed by atoms with Crippen molar-refractivity contribution in [2.75, 3.05) is 0 Å². The molecule has 0 unspecified atom stereocenters. The fraction of sp³-hybridized carbons (Fsp3) is 0. The lowest BCUT2D eigenvalue weighted by Gasteiger charge is -2.11. The minimum atomic E-state index is -0.236. The highest BCUT2D eigenvalue weighted by molar-refractivity contribution is 6.14. The molecular weight excluding hydrogens is 1210 g/mol. The van der Waals surface area contributed by atoms with Crippen molar-refractivity contribution in [2.45, 2.75) is 0 Å². The van der Waals surface area contributed by atoms with Crippen molar-refractivity contribution in [1.29, 1.82) is 5.26 Å². The van der Waals surface area contributed by atoms with Crippen LogP contribution in [0.4, 0.5) is 4.39 Å². The standard InChI is InChI=1S/C47H29N3.C46H29FN2/c48-30-31-13-22-38(23-14-31)49-44-11-5-3-9-40(44)42-25-20-36(28-46(42)49)33-15-17-34(18-16-33)37-21-26-43-41-10-4-6-12-45(41)50(47(43)29-37)39-24-19-32-7-1-2-8-35(32)27-39;47-36-20-23-37(24-21-36)48-43-11-5-3-9-39(43)41-25-18-34(28-45(41)48)31-13-15-32(16-14-31)35-19-26-42-40-10-4-6-12-44(40)49(46(42)29-35)38-22-17-30-7-1-2-8-33(30)27-38/h1-29H;1-29H. The molecule has 0 fully saturated rings. The molecule has 20 aromatic rings. The fourth-order valence-corrected chi connectivity index (χ4v) is 15.3. The summed E-state index contributed by atoms with van der Waals surface area (Å²) in [7, 11) is 0. The van der Waals surface area contributed by atoms with Gasteiger partial charge in [-0.05, 0) is 187 Å². The molecule has 20 rings (SSSR count). The van der Waals surface area contributed by atoms with Crippen LogP contribution in [0.2, 0.25) is 0 Å². The SMILES string of the molecule is Fc1ccc(-n2c3ccccc3c3ccc(-c4ccc(-c5ccc6c7ccccc7n(-c7ccc8ccccc8c7)c6c5)cc4)cc32)cc1.N#Cc1ccc(-n2c3ccccc3c3ccc(-c4ccc(-c5ccc6c7ccccc7n(-c7ccc8ccccc8c7)c6c5)cc4)cc32)cc1. The van der Waals surface area contributed by atoms with Gasteiger partial charge in [-0.25, -0.2) is 4.39 Å². The predicted molar refractivity (Wildman–Crippen MR) is 412 cm³/mol. The van der Waals surface area contributed by atoms with Crippen molar-refractivity contribution in [3.8, 4) is 73.3 Å². The number of halogens is 1. The van der Waals surface area contributed by atoms with Gasteiger partial charge in [-0.1, -0.05) is 231 Å². The molecule has 4 heterocycles. The van der Waals surface area contributed by atoms with E-state index in [4.69, 9.17) is 0 Å². The highest BCUT2D eigenvalue weighted by Gasteiger charge is 2.19. The summed E-state index contributed by atoms with van der Waals surface area (Å²) in [5.41, 5.74) is 23.6. The van der Waals surface area contributed by atoms with E-state index < -0.39 is 0 Å². The lowest BCUT2D eigenvalue weighted by Crippen LogP contribution is -1.94. The van der Waals surface area contributed by atoms with Crippen LogP contribution in [0.3, 0.4) is 0 Å². The first-order chi connectivity index (χ1) is 48.9. The highest BCUT2D eigenvalue weighted by atomic mass is 19.1. The van der Waals surface area contributed by atoms with Crippen LogP contribution in [0, 0.1) is 17.1 Å². The largest absolute Gasteiger partial charge is 0.309 e. The number of fused-ring (bicyclic) bond motifs is 14. The zero-order valence-electron chi connectivity index (χ0n) is 53.6. The second-order valence-corrected chi connectivity index (χ2v) is 25.7. The Morgan fingerprint density at radius 1 is 0.202 bits per heavy atom. The van der Waals surface area contributed by atoms with E-state index in [-0.39, 0.29) is 5.82 Å². The number of aromatic nitrogens is 4. The summed E-state index contributed by atoms with van der Waals surface area (Å²) >= 11 is 0. The molecule has 0 saturated heterocycles. The van der Waals surface area contributed by atoms with Gasteiger partial charge in [-0.3, -0.25) is 0 Å². The van der Waals surface area contributed by atoms with Crippen molar-refractivity contribution in [3.63, 3.8) is 0 Å². The lowest BCUT2D eigenvalue weighted by atomic mass is 9.98. The number of para-hydroxylation sites is 4. The minimum Gasteiger partial charge on any atom is -0.309 e. The van der Waals surface area contributed by atoms with Crippen molar-refractivity contribution in [2.24, 2.45) is 0 Å². The first-order valence-electron chi connectivity index (χ1n) is 33.5. The average molecular weight is 1260 g/mol.